The van der Waals surface area contributed by atoms with Crippen molar-refractivity contribution in [1.82, 2.24) is 0 Å². The molecule has 0 atom stereocenters. The van der Waals surface area contributed by atoms with E-state index in [1.165, 1.54) is 12.8 Å². The summed E-state index contributed by atoms with van der Waals surface area (Å²) >= 11 is 0. The van der Waals surface area contributed by atoms with Gasteiger partial charge in [-0.1, -0.05) is 13.8 Å². The van der Waals surface area contributed by atoms with E-state index in [1.807, 2.05) is 0 Å². The summed E-state index contributed by atoms with van der Waals surface area (Å²) in [5, 5.41) is 0. The van der Waals surface area contributed by atoms with E-state index in [0.717, 1.165) is 0 Å². The molecule has 0 saturated carbocycles. The summed E-state index contributed by atoms with van der Waals surface area (Å²) < 4.78 is 0. The quantitative estimate of drug-likeness (QED) is 0.483. The Kier molecular flexibility index (Phi) is 72.0. The van der Waals surface area contributed by atoms with Gasteiger partial charge >= 0.3 is 19.5 Å². The van der Waals surface area contributed by atoms with Gasteiger partial charge in [0.1, 0.15) is 0 Å². The van der Waals surface area contributed by atoms with Crippen LogP contribution in [0.25, 0.3) is 0 Å². The van der Waals surface area contributed by atoms with Crippen molar-refractivity contribution in [2.24, 2.45) is 0 Å². The van der Waals surface area contributed by atoms with Crippen LogP contribution in [0.1, 0.15) is 40.5 Å². The standard InChI is InChI=1S/2C4H9.Al.Zn.3H/c2*1-3-4-2;;;;;/h2*3H,4H2,1-2H3;;;;;/q2*-1;;+2;;;. The zero-order valence-corrected chi connectivity index (χ0v) is 10.2. The Labute approximate surface area is 90.1 Å². The maximum absolute atomic E-state index is 2.12. The van der Waals surface area contributed by atoms with Gasteiger partial charge in [-0.2, -0.15) is 26.7 Å². The van der Waals surface area contributed by atoms with Crippen molar-refractivity contribution in [3.05, 3.63) is 12.8 Å². The molecule has 0 unspecified atom stereocenters. The Morgan fingerprint density at radius 1 is 0.900 bits per heavy atom. The summed E-state index contributed by atoms with van der Waals surface area (Å²) in [7, 11) is 0. The summed E-state index contributed by atoms with van der Waals surface area (Å²) in [4.78, 5) is 0. The van der Waals surface area contributed by atoms with E-state index < -0.39 is 0 Å². The van der Waals surface area contributed by atoms with Gasteiger partial charge in [0.2, 0.25) is 0 Å². The molecule has 0 heterocycles. The van der Waals surface area contributed by atoms with Crippen LogP contribution < -0.4 is 0 Å². The normalized spacial score (nSPS) is 6.00. The van der Waals surface area contributed by atoms with Crippen LogP contribution in [-0.2, 0) is 19.5 Å². The molecule has 10 heavy (non-hydrogen) atoms. The topological polar surface area (TPSA) is 0 Å². The predicted octanol–water partition coefficient (Wildman–Crippen LogP) is 2.05. The van der Waals surface area contributed by atoms with Gasteiger partial charge in [-0.25, -0.2) is 0 Å². The molecule has 0 N–H and O–H groups in total. The Morgan fingerprint density at radius 3 is 1.00 bits per heavy atom. The molecular formula is C8H21AlZn. The first-order valence-corrected chi connectivity index (χ1v) is 3.39. The van der Waals surface area contributed by atoms with Gasteiger partial charge in [0, 0.05) is 0 Å². The minimum absolute atomic E-state index is 0. The van der Waals surface area contributed by atoms with Gasteiger partial charge in [0.15, 0.2) is 17.4 Å². The van der Waals surface area contributed by atoms with E-state index in [0.29, 0.717) is 0 Å². The van der Waals surface area contributed by atoms with E-state index in [-0.39, 0.29) is 36.8 Å². The predicted molar refractivity (Wildman–Crippen MR) is 50.5 cm³/mol. The molecular weight excluding hydrogens is 188 g/mol. The first-order chi connectivity index (χ1) is 3.83. The van der Waals surface area contributed by atoms with E-state index in [4.69, 9.17) is 0 Å². The monoisotopic (exact) mass is 208 g/mol. The Hall–Kier alpha value is 1.16. The van der Waals surface area contributed by atoms with Crippen LogP contribution in [0.5, 0.6) is 0 Å². The minimum Gasteiger partial charge on any atom is -0.332 e. The number of unbranched alkanes of at least 4 members (excludes halogenated alkanes) is 2. The molecule has 0 rings (SSSR count). The van der Waals surface area contributed by atoms with E-state index in [1.54, 1.807) is 0 Å². The van der Waals surface area contributed by atoms with Crippen LogP contribution in [0, 0.1) is 12.8 Å². The summed E-state index contributed by atoms with van der Waals surface area (Å²) in [5.41, 5.74) is 0. The van der Waals surface area contributed by atoms with Crippen molar-refractivity contribution in [3.63, 3.8) is 0 Å². The molecule has 0 aliphatic carbocycles. The van der Waals surface area contributed by atoms with Gasteiger partial charge in [0.25, 0.3) is 0 Å². The van der Waals surface area contributed by atoms with Crippen LogP contribution >= 0.6 is 0 Å². The maximum atomic E-state index is 2.12. The third-order valence-corrected chi connectivity index (χ3v) is 0.816. The molecule has 0 aliphatic heterocycles. The maximum Gasteiger partial charge on any atom is 2.00 e. The van der Waals surface area contributed by atoms with Gasteiger partial charge in [-0.3, -0.25) is 0 Å². The number of hydrogen-bond acceptors (Lipinski definition) is 0. The number of hydrogen-bond donors (Lipinski definition) is 0. The van der Waals surface area contributed by atoms with Gasteiger partial charge < -0.3 is 12.8 Å². The van der Waals surface area contributed by atoms with Gasteiger partial charge in [-0.05, 0) is 0 Å². The Balaban J connectivity index is -0.0000000300. The van der Waals surface area contributed by atoms with Crippen LogP contribution in [0.15, 0.2) is 0 Å². The van der Waals surface area contributed by atoms with E-state index in [2.05, 4.69) is 40.5 Å². The largest absolute Gasteiger partial charge is 2.00 e. The zero-order valence-electron chi connectivity index (χ0n) is 7.28. The van der Waals surface area contributed by atoms with Gasteiger partial charge in [0.05, 0.1) is 0 Å². The second kappa shape index (κ2) is 32.0. The Bertz CT molecular complexity index is 17.2. The van der Waals surface area contributed by atoms with E-state index in [9.17, 15) is 0 Å². The smallest absolute Gasteiger partial charge is 0.332 e. The third-order valence-electron chi connectivity index (χ3n) is 0.816. The fraction of sp³-hybridized carbons (Fsp3) is 0.750. The molecule has 2 heteroatoms. The zero-order chi connectivity index (χ0) is 6.83. The average molecular weight is 210 g/mol. The molecule has 0 bridgehead atoms. The van der Waals surface area contributed by atoms with Crippen LogP contribution in [-0.4, -0.2) is 17.4 Å². The van der Waals surface area contributed by atoms with Crippen molar-refractivity contribution in [3.8, 4) is 0 Å². The molecule has 0 aromatic carbocycles. The molecule has 0 aromatic rings. The van der Waals surface area contributed by atoms with Crippen LogP contribution in [0.2, 0.25) is 0 Å². The molecule has 0 fully saturated rings. The number of rotatable bonds is 2. The average Bonchev–Trinajstić information content (AvgIpc) is 1.88. The van der Waals surface area contributed by atoms with Crippen LogP contribution in [0.4, 0.5) is 0 Å². The molecule has 0 aliphatic rings. The second-order valence-electron chi connectivity index (χ2n) is 1.63. The summed E-state index contributed by atoms with van der Waals surface area (Å²) in [6.07, 6.45) is 6.64. The fourth-order valence-corrected chi connectivity index (χ4v) is 0. The van der Waals surface area contributed by atoms with Crippen molar-refractivity contribution < 1.29 is 19.5 Å². The van der Waals surface area contributed by atoms with Crippen molar-refractivity contribution >= 4 is 17.4 Å². The van der Waals surface area contributed by atoms with Crippen LogP contribution in [0.3, 0.4) is 0 Å². The summed E-state index contributed by atoms with van der Waals surface area (Å²) in [5.74, 6) is 0. The fourth-order valence-electron chi connectivity index (χ4n) is 0. The first-order valence-electron chi connectivity index (χ1n) is 3.39. The van der Waals surface area contributed by atoms with Crippen molar-refractivity contribution in [2.45, 2.75) is 40.5 Å². The van der Waals surface area contributed by atoms with E-state index >= 15 is 0 Å². The first kappa shape index (κ1) is 22.5. The SMILES string of the molecule is C[CH-]CC.C[CH-]CC.[AlH3].[Zn+2]. The third kappa shape index (κ3) is 61.2. The van der Waals surface area contributed by atoms with Crippen molar-refractivity contribution in [1.29, 1.82) is 0 Å². The molecule has 0 spiro atoms. The summed E-state index contributed by atoms with van der Waals surface area (Å²) in [6.45, 7) is 8.36. The minimum atomic E-state index is 0. The summed E-state index contributed by atoms with van der Waals surface area (Å²) in [6, 6.07) is 0. The van der Waals surface area contributed by atoms with Crippen molar-refractivity contribution in [2.75, 3.05) is 0 Å². The molecule has 0 aromatic heterocycles. The molecule has 0 nitrogen and oxygen atoms in total. The molecule has 0 saturated heterocycles. The second-order valence-corrected chi connectivity index (χ2v) is 1.63. The molecule has 58 valence electrons. The molecule has 0 amide bonds. The molecule has 0 radical (unpaired) electrons. The Morgan fingerprint density at radius 2 is 1.00 bits per heavy atom. The van der Waals surface area contributed by atoms with Gasteiger partial charge in [-0.15, -0.1) is 0 Å².